The smallest absolute Gasteiger partial charge is 0.152 e. The van der Waals surface area contributed by atoms with Crippen molar-refractivity contribution in [3.8, 4) is 0 Å². The molecule has 6 heteroatoms. The van der Waals surface area contributed by atoms with Crippen LogP contribution in [0, 0.1) is 62.3 Å². The van der Waals surface area contributed by atoms with Gasteiger partial charge in [0.25, 0.3) is 0 Å². The first-order chi connectivity index (χ1) is 32.1. The number of hydrogen-bond donors (Lipinski definition) is 0. The molecule has 383 valence electrons. The molecule has 0 amide bonds. The average molecular weight is 1020 g/mol. The van der Waals surface area contributed by atoms with Crippen LogP contribution in [0.25, 0.3) is 12.2 Å². The van der Waals surface area contributed by atoms with E-state index in [1.807, 2.05) is 72.7 Å². The van der Waals surface area contributed by atoms with Gasteiger partial charge in [0.05, 0.1) is 0 Å². The van der Waals surface area contributed by atoms with Gasteiger partial charge in [-0.05, 0) is 141 Å². The zero-order chi connectivity index (χ0) is 53.8. The van der Waals surface area contributed by atoms with Crippen LogP contribution in [-0.2, 0) is 63.1 Å². The van der Waals surface area contributed by atoms with E-state index >= 15 is 0 Å². The Morgan fingerprint density at radius 3 is 1.19 bits per heavy atom. The summed E-state index contributed by atoms with van der Waals surface area (Å²) in [6.07, 6.45) is 13.8. The van der Waals surface area contributed by atoms with Crippen LogP contribution in [0.2, 0.25) is 0 Å². The van der Waals surface area contributed by atoms with Gasteiger partial charge in [-0.2, -0.15) is 31.0 Å². The summed E-state index contributed by atoms with van der Waals surface area (Å²) in [5.74, 6) is 0.778. The molecule has 0 saturated heterocycles. The largest absolute Gasteiger partial charge is 0.542 e. The maximum atomic E-state index is 11.2. The Balaban J connectivity index is -0.000000178. The molecule has 0 aliphatic carbocycles. The molecule has 69 heavy (non-hydrogen) atoms. The van der Waals surface area contributed by atoms with Gasteiger partial charge in [0, 0.05) is 52.0 Å². The quantitative estimate of drug-likeness (QED) is 0.0984. The Bertz CT molecular complexity index is 2030. The van der Waals surface area contributed by atoms with Crippen LogP contribution in [0.3, 0.4) is 0 Å². The van der Waals surface area contributed by atoms with E-state index in [1.165, 1.54) is 74.4 Å². The summed E-state index contributed by atoms with van der Waals surface area (Å²) in [6, 6.07) is 25.4. The van der Waals surface area contributed by atoms with Crippen LogP contribution >= 0.6 is 0 Å². The number of aryl methyl sites for hydroxylation is 9. The third-order valence-electron chi connectivity index (χ3n) is 9.56. The molecule has 0 spiro atoms. The minimum Gasteiger partial charge on any atom is -0.542 e. The molecule has 0 heterocycles. The molecule has 0 atom stereocenters. The normalized spacial score (nSPS) is 9.00. The summed E-state index contributed by atoms with van der Waals surface area (Å²) in [7, 11) is 0. The van der Waals surface area contributed by atoms with Crippen molar-refractivity contribution in [3.05, 3.63) is 158 Å². The second kappa shape index (κ2) is 50.1. The van der Waals surface area contributed by atoms with Crippen LogP contribution in [0.1, 0.15) is 202 Å². The maximum Gasteiger partial charge on any atom is 0.152 e. The van der Waals surface area contributed by atoms with Crippen molar-refractivity contribution in [3.63, 3.8) is 0 Å². The second-order valence-electron chi connectivity index (χ2n) is 16.1. The number of unbranched alkanes of at least 4 members (excludes halogenated alkanes) is 1. The van der Waals surface area contributed by atoms with Gasteiger partial charge in [0.2, 0.25) is 0 Å². The van der Waals surface area contributed by atoms with Crippen molar-refractivity contribution in [1.82, 2.24) is 0 Å². The van der Waals surface area contributed by atoms with Gasteiger partial charge >= 0.3 is 0 Å². The molecule has 4 aromatic rings. The van der Waals surface area contributed by atoms with E-state index in [1.54, 1.807) is 33.8 Å². The van der Waals surface area contributed by atoms with E-state index in [-0.39, 0.29) is 50.1 Å². The zero-order valence-electron chi connectivity index (χ0n) is 47.6. The predicted molar refractivity (Wildman–Crippen MR) is 301 cm³/mol. The molecule has 0 unspecified atom stereocenters. The van der Waals surface area contributed by atoms with Crippen LogP contribution < -0.4 is 0 Å². The number of hydrogen-bond acceptors (Lipinski definition) is 5. The van der Waals surface area contributed by atoms with Crippen LogP contribution in [0.5, 0.6) is 0 Å². The number of carbonyl (C=O) groups excluding carboxylic acids is 5. The molecule has 1 radical (unpaired) electrons. The van der Waals surface area contributed by atoms with E-state index in [0.29, 0.717) is 18.6 Å². The van der Waals surface area contributed by atoms with Gasteiger partial charge < -0.3 is 19.2 Å². The van der Waals surface area contributed by atoms with Gasteiger partial charge in [-0.1, -0.05) is 163 Å². The number of allylic oxidation sites excluding steroid dienone is 2. The summed E-state index contributed by atoms with van der Waals surface area (Å²) in [6.45, 7) is 44.6. The van der Waals surface area contributed by atoms with Gasteiger partial charge in [0.15, 0.2) is 5.78 Å². The van der Waals surface area contributed by atoms with Gasteiger partial charge in [0.1, 0.15) is 17.3 Å². The molecule has 0 aliphatic rings. The van der Waals surface area contributed by atoms with Crippen molar-refractivity contribution in [2.24, 2.45) is 0 Å². The molecule has 4 rings (SSSR count). The number of benzene rings is 4. The maximum absolute atomic E-state index is 11.2. The Hall–Kier alpha value is -4.32. The summed E-state index contributed by atoms with van der Waals surface area (Å²) >= 11 is 0. The first-order valence-electron chi connectivity index (χ1n) is 24.8. The summed E-state index contributed by atoms with van der Waals surface area (Å²) < 4.78 is 0. The summed E-state index contributed by atoms with van der Waals surface area (Å²) in [5, 5.41) is 0. The van der Waals surface area contributed by atoms with Gasteiger partial charge in [-0.25, -0.2) is 0 Å². The molecular weight excluding hydrogens is 926 g/mol. The Labute approximate surface area is 450 Å². The van der Waals surface area contributed by atoms with Crippen molar-refractivity contribution >= 4 is 41.6 Å². The molecule has 0 fully saturated rings. The number of ketones is 4. The number of carbonyl (C=O) groups is 4. The van der Waals surface area contributed by atoms with E-state index in [0.717, 1.165) is 49.7 Å². The van der Waals surface area contributed by atoms with Crippen molar-refractivity contribution in [2.75, 3.05) is 0 Å². The van der Waals surface area contributed by atoms with Crippen LogP contribution in [0.15, 0.2) is 84.4 Å². The van der Waals surface area contributed by atoms with E-state index in [4.69, 9.17) is 4.79 Å². The third kappa shape index (κ3) is 45.9. The number of rotatable bonds is 13. The molecule has 0 bridgehead atoms. The summed E-state index contributed by atoms with van der Waals surface area (Å²) in [5.41, 5.74) is 16.3. The first-order valence-corrected chi connectivity index (χ1v) is 24.8. The molecule has 4 aromatic carbocycles. The fourth-order valence-electron chi connectivity index (χ4n) is 5.88. The Morgan fingerprint density at radius 2 is 0.884 bits per heavy atom. The minimum absolute atomic E-state index is 0. The third-order valence-corrected chi connectivity index (χ3v) is 9.56. The fraction of sp³-hybridized carbons (Fsp3) is 0.460. The van der Waals surface area contributed by atoms with Crippen LogP contribution in [0.4, 0.5) is 0 Å². The molecular formula is C63H96O5Y-2. The monoisotopic (exact) mass is 1020 g/mol. The second-order valence-corrected chi connectivity index (χ2v) is 16.1. The predicted octanol–water partition coefficient (Wildman–Crippen LogP) is 17.6. The Morgan fingerprint density at radius 1 is 0.522 bits per heavy atom. The van der Waals surface area contributed by atoms with Crippen molar-refractivity contribution < 1.29 is 56.7 Å². The minimum atomic E-state index is 0. The first kappa shape index (κ1) is 76.2. The molecule has 0 aromatic heterocycles. The van der Waals surface area contributed by atoms with Gasteiger partial charge in [-0.15, -0.1) is 12.1 Å². The topological polar surface area (TPSA) is 85.3 Å². The van der Waals surface area contributed by atoms with Crippen molar-refractivity contribution in [1.29, 1.82) is 0 Å². The van der Waals surface area contributed by atoms with E-state index in [9.17, 15) is 19.2 Å². The average Bonchev–Trinajstić information content (AvgIpc) is 3.29. The molecule has 5 nitrogen and oxygen atoms in total. The van der Waals surface area contributed by atoms with E-state index in [2.05, 4.69) is 130 Å². The van der Waals surface area contributed by atoms with E-state index < -0.39 is 0 Å². The molecule has 0 saturated carbocycles. The SMILES string of the molecule is CC.CC.CC.CC(=O)/C=C/c1ccc(C)cc1C.CC(=O)CCC(=Cc1ccc(C)cc1C)CCC(C)=O.CCCCC(C)=O.CCc1ccc(C)cc1C.C[C-]=O.[CH2-]c1ccc(C)cc1C.[Y]. The zero-order valence-corrected chi connectivity index (χ0v) is 50.5. The molecule has 0 N–H and O–H groups in total. The standard InChI is InChI=1S/C18H24O2.C12H14O.C10H14.C9H11.C6H12O.C2H3O.3C2H6.Y/c1-13-5-10-18(14(2)11-13)12-17(8-6-15(3)19)9-7-16(4)20;1-9-4-6-12(10(2)8-9)7-5-11(3)13;1-4-10-6-5-8(2)7-9(10)3;1-7-4-5-8(2)9(3)6-7;1-3-4-5-6(2)7;1-2-3;3*1-2;/h5,10-12H,6-9H2,1-4H3;4-8H,1-3H3;5-7H,4H2,1-3H3;4-6H,2H2,1,3H3;3-5H2,1-2H3;1H3;3*1-2H3;/q;;;-1;;-1;;;;/b;7-5+;;;;;;;;. The fourth-order valence-corrected chi connectivity index (χ4v) is 5.88. The molecule has 0 aliphatic heterocycles. The Kier molecular flexibility index (Phi) is 55.3. The van der Waals surface area contributed by atoms with Gasteiger partial charge in [-0.3, -0.25) is 11.1 Å². The summed E-state index contributed by atoms with van der Waals surface area (Å²) in [4.78, 5) is 51.9. The number of Topliss-reactive ketones (excluding diaryl/α,β-unsaturated/α-hetero) is 3. The van der Waals surface area contributed by atoms with Crippen LogP contribution in [-0.4, -0.2) is 29.4 Å². The van der Waals surface area contributed by atoms with Crippen molar-refractivity contribution in [2.45, 2.75) is 197 Å².